The van der Waals surface area contributed by atoms with Gasteiger partial charge in [0.25, 0.3) is 5.91 Å². The lowest BCUT2D eigenvalue weighted by molar-refractivity contribution is 0.0932. The first-order valence-electron chi connectivity index (χ1n) is 11.2. The number of rotatable bonds is 5. The molecule has 0 spiro atoms. The summed E-state index contributed by atoms with van der Waals surface area (Å²) >= 11 is 1.37. The average molecular weight is 486 g/mol. The molecule has 2 unspecified atom stereocenters. The summed E-state index contributed by atoms with van der Waals surface area (Å²) in [7, 11) is 0. The number of fused-ring (bicyclic) bond motifs is 1. The zero-order valence-corrected chi connectivity index (χ0v) is 19.6. The third-order valence-corrected chi connectivity index (χ3v) is 6.68. The number of thiazole rings is 1. The number of aliphatic imine (C=N–C) groups is 1. The van der Waals surface area contributed by atoms with Crippen LogP contribution in [0.1, 0.15) is 48.8 Å². The lowest BCUT2D eigenvalue weighted by atomic mass is 10.0. The molecule has 11 heteroatoms. The molecule has 178 valence electrons. The van der Waals surface area contributed by atoms with Crippen LogP contribution in [0.2, 0.25) is 0 Å². The van der Waals surface area contributed by atoms with E-state index >= 15 is 0 Å². The fourth-order valence-corrected chi connectivity index (χ4v) is 5.22. The Balaban J connectivity index is 1.32. The number of carbonyl (C=O) groups is 1. The van der Waals surface area contributed by atoms with Crippen LogP contribution in [-0.2, 0) is 0 Å². The van der Waals surface area contributed by atoms with Gasteiger partial charge in [-0.1, -0.05) is 0 Å². The van der Waals surface area contributed by atoms with Crippen LogP contribution in [0, 0.1) is 11.6 Å². The largest absolute Gasteiger partial charge is 0.359 e. The molecule has 1 fully saturated rings. The van der Waals surface area contributed by atoms with E-state index < -0.39 is 23.8 Å². The third-order valence-electron chi connectivity index (χ3n) is 5.90. The van der Waals surface area contributed by atoms with Crippen LogP contribution in [0.25, 0.3) is 0 Å². The molecule has 3 aliphatic rings. The van der Waals surface area contributed by atoms with E-state index in [4.69, 9.17) is 4.99 Å². The van der Waals surface area contributed by atoms with Crippen molar-refractivity contribution in [3.8, 4) is 0 Å². The Morgan fingerprint density at radius 2 is 2.15 bits per heavy atom. The third kappa shape index (κ3) is 4.39. The minimum Gasteiger partial charge on any atom is -0.359 e. The molecule has 4 heterocycles. The Bertz CT molecular complexity index is 1180. The van der Waals surface area contributed by atoms with E-state index in [1.54, 1.807) is 22.8 Å². The number of aromatic nitrogens is 1. The van der Waals surface area contributed by atoms with Crippen molar-refractivity contribution in [3.05, 3.63) is 58.7 Å². The minimum atomic E-state index is -0.463. The van der Waals surface area contributed by atoms with Gasteiger partial charge in [0.1, 0.15) is 29.2 Å². The van der Waals surface area contributed by atoms with Crippen molar-refractivity contribution in [1.29, 1.82) is 0 Å². The molecule has 2 N–H and O–H groups in total. The van der Waals surface area contributed by atoms with Crippen LogP contribution in [0.5, 0.6) is 0 Å². The second kappa shape index (κ2) is 9.13. The first kappa shape index (κ1) is 22.5. The topological polar surface area (TPSA) is 85.2 Å². The number of hydrazone groups is 1. The number of hydrogen-bond acceptors (Lipinski definition) is 8. The number of amides is 1. The van der Waals surface area contributed by atoms with Crippen molar-refractivity contribution in [2.45, 2.75) is 51.0 Å². The summed E-state index contributed by atoms with van der Waals surface area (Å²) in [4.78, 5) is 24.0. The monoisotopic (exact) mass is 485 g/mol. The number of amidine groups is 1. The van der Waals surface area contributed by atoms with E-state index in [2.05, 4.69) is 20.7 Å². The quantitative estimate of drug-likeness (QED) is 0.674. The lowest BCUT2D eigenvalue weighted by Gasteiger charge is -2.32. The highest BCUT2D eigenvalue weighted by molar-refractivity contribution is 7.13. The van der Waals surface area contributed by atoms with E-state index in [0.29, 0.717) is 35.2 Å². The van der Waals surface area contributed by atoms with Crippen molar-refractivity contribution in [2.24, 2.45) is 10.1 Å². The Morgan fingerprint density at radius 1 is 1.29 bits per heavy atom. The molecule has 3 aliphatic heterocycles. The van der Waals surface area contributed by atoms with Gasteiger partial charge >= 0.3 is 0 Å². The molecule has 0 radical (unpaired) electrons. The maximum atomic E-state index is 14.5. The zero-order valence-electron chi connectivity index (χ0n) is 18.8. The molecule has 0 saturated carbocycles. The predicted molar refractivity (Wildman–Crippen MR) is 128 cm³/mol. The second-order valence-electron chi connectivity index (χ2n) is 8.71. The minimum absolute atomic E-state index is 0.217. The van der Waals surface area contributed by atoms with Gasteiger partial charge in [0.2, 0.25) is 0 Å². The molecule has 5 rings (SSSR count). The number of carbonyl (C=O) groups excluding carboxylic acids is 1. The van der Waals surface area contributed by atoms with Crippen LogP contribution in [0.3, 0.4) is 0 Å². The Hall–Kier alpha value is -3.34. The molecule has 34 heavy (non-hydrogen) atoms. The first-order chi connectivity index (χ1) is 16.4. The Labute approximate surface area is 200 Å². The number of anilines is 1. The van der Waals surface area contributed by atoms with Crippen LogP contribution >= 0.6 is 11.3 Å². The smallest absolute Gasteiger partial charge is 0.271 e. The predicted octanol–water partition coefficient (Wildman–Crippen LogP) is 3.73. The second-order valence-corrected chi connectivity index (χ2v) is 9.57. The highest BCUT2D eigenvalue weighted by Gasteiger charge is 2.37. The normalized spacial score (nSPS) is 23.4. The summed E-state index contributed by atoms with van der Waals surface area (Å²) in [5.41, 5.74) is 0.662. The van der Waals surface area contributed by atoms with Gasteiger partial charge < -0.3 is 15.5 Å². The zero-order chi connectivity index (χ0) is 23.8. The maximum absolute atomic E-state index is 14.5. The summed E-state index contributed by atoms with van der Waals surface area (Å²) in [6.45, 7) is 4.69. The van der Waals surface area contributed by atoms with Gasteiger partial charge in [-0.05, 0) is 51.0 Å². The summed E-state index contributed by atoms with van der Waals surface area (Å²) < 4.78 is 28.3. The summed E-state index contributed by atoms with van der Waals surface area (Å²) in [6, 6.07) is 3.01. The van der Waals surface area contributed by atoms with Gasteiger partial charge in [0.05, 0.1) is 12.3 Å². The molecule has 1 saturated heterocycles. The Kier molecular flexibility index (Phi) is 6.03. The number of nitrogens with one attached hydrogen (secondary N) is 2. The molecular weight excluding hydrogens is 460 g/mol. The molecule has 3 atom stereocenters. The van der Waals surface area contributed by atoms with Crippen molar-refractivity contribution in [3.63, 3.8) is 0 Å². The Morgan fingerprint density at radius 3 is 2.97 bits per heavy atom. The highest BCUT2D eigenvalue weighted by atomic mass is 32.1. The molecule has 0 bridgehead atoms. The van der Waals surface area contributed by atoms with Gasteiger partial charge in [-0.3, -0.25) is 4.79 Å². The van der Waals surface area contributed by atoms with Crippen molar-refractivity contribution < 1.29 is 13.6 Å². The number of benzene rings is 1. The molecule has 1 aromatic carbocycles. The van der Waals surface area contributed by atoms with E-state index in [9.17, 15) is 13.6 Å². The van der Waals surface area contributed by atoms with Gasteiger partial charge in [0.15, 0.2) is 11.3 Å². The van der Waals surface area contributed by atoms with Gasteiger partial charge in [-0.2, -0.15) is 5.10 Å². The fourth-order valence-electron chi connectivity index (χ4n) is 4.38. The number of nitrogens with zero attached hydrogens (tertiary/aromatic N) is 5. The fraction of sp³-hybridized carbons (Fsp3) is 0.391. The van der Waals surface area contributed by atoms with Crippen LogP contribution in [-0.4, -0.2) is 57.6 Å². The summed E-state index contributed by atoms with van der Waals surface area (Å²) in [5.74, 6) is -0.534. The van der Waals surface area contributed by atoms with Crippen LogP contribution < -0.4 is 10.6 Å². The van der Waals surface area contributed by atoms with Crippen molar-refractivity contribution in [2.75, 3.05) is 11.9 Å². The molecule has 8 nitrogen and oxygen atoms in total. The summed E-state index contributed by atoms with van der Waals surface area (Å²) in [5, 5.41) is 14.5. The van der Waals surface area contributed by atoms with Gasteiger partial charge in [0, 0.05) is 29.7 Å². The van der Waals surface area contributed by atoms with E-state index in [0.717, 1.165) is 12.5 Å². The SMILES string of the molecule is CC(C)Nc1nc(C(=O)NC2C=NN3C=CC(N4CCC[C@@H]4c4cc(F)ccc4F)=NC23)cs1. The standard InChI is InChI=1S/C23H25F2N7OS/c1-13(2)27-23-29-18(12-34-23)22(33)28-17-11-26-32-9-7-20(30-21(17)32)31-8-3-4-19(31)15-10-14(24)5-6-16(15)25/h5-7,9-13,17,19,21H,3-4,8H2,1-2H3,(H,27,29)(H,28,33)/t17?,19-,21?/m1/s1. The van der Waals surface area contributed by atoms with Crippen molar-refractivity contribution in [1.82, 2.24) is 20.2 Å². The molecule has 1 aromatic heterocycles. The van der Waals surface area contributed by atoms with Gasteiger partial charge in [-0.25, -0.2) is 23.8 Å². The van der Waals surface area contributed by atoms with Crippen LogP contribution in [0.15, 0.2) is 45.9 Å². The average Bonchev–Trinajstić information content (AvgIpc) is 3.55. The molecule has 1 amide bonds. The molecule has 2 aromatic rings. The number of halogens is 2. The highest BCUT2D eigenvalue weighted by Crippen LogP contribution is 2.35. The van der Waals surface area contributed by atoms with Gasteiger partial charge in [-0.15, -0.1) is 11.3 Å². The maximum Gasteiger partial charge on any atom is 0.271 e. The lowest BCUT2D eigenvalue weighted by Crippen LogP contribution is -2.47. The molecule has 0 aliphatic carbocycles. The van der Waals surface area contributed by atoms with Crippen molar-refractivity contribution >= 4 is 34.4 Å². The number of likely N-dealkylation sites (tertiary alicyclic amines) is 1. The van der Waals surface area contributed by atoms with E-state index in [-0.39, 0.29) is 18.0 Å². The molecular formula is C23H25F2N7OS. The number of hydrogen-bond donors (Lipinski definition) is 2. The van der Waals surface area contributed by atoms with E-state index in [1.807, 2.05) is 24.8 Å². The summed E-state index contributed by atoms with van der Waals surface area (Å²) in [6.07, 6.45) is 6.34. The van der Waals surface area contributed by atoms with Crippen LogP contribution in [0.4, 0.5) is 13.9 Å². The first-order valence-corrected chi connectivity index (χ1v) is 12.1. The van der Waals surface area contributed by atoms with E-state index in [1.165, 1.54) is 23.5 Å².